The highest BCUT2D eigenvalue weighted by Crippen LogP contribution is 2.24. The van der Waals surface area contributed by atoms with Crippen LogP contribution in [-0.4, -0.2) is 17.3 Å². The number of halogens is 1. The van der Waals surface area contributed by atoms with E-state index in [2.05, 4.69) is 11.1 Å². The number of pyridine rings is 1. The molecule has 0 amide bonds. The van der Waals surface area contributed by atoms with Crippen molar-refractivity contribution in [3.05, 3.63) is 53.2 Å². The first-order chi connectivity index (χ1) is 9.79. The molecule has 5 heteroatoms. The number of hydrogen-bond donors (Lipinski definition) is 0. The molecule has 0 atom stereocenters. The molecule has 2 rings (SSSR count). The lowest BCUT2D eigenvalue weighted by Crippen LogP contribution is -2.00. The Hall–Kier alpha value is -1.70. The number of hydrogen-bond acceptors (Lipinski definition) is 4. The Balaban J connectivity index is 1.76. The van der Waals surface area contributed by atoms with Crippen molar-refractivity contribution in [3.63, 3.8) is 0 Å². The molecule has 102 valence electrons. The van der Waals surface area contributed by atoms with Crippen molar-refractivity contribution < 1.29 is 4.74 Å². The summed E-state index contributed by atoms with van der Waals surface area (Å²) in [6.45, 7) is 0.579. The van der Waals surface area contributed by atoms with Crippen molar-refractivity contribution in [1.29, 1.82) is 5.26 Å². The van der Waals surface area contributed by atoms with Crippen LogP contribution in [0.25, 0.3) is 0 Å². The summed E-state index contributed by atoms with van der Waals surface area (Å²) in [5, 5.41) is 10.1. The van der Waals surface area contributed by atoms with Crippen molar-refractivity contribution in [2.45, 2.75) is 11.4 Å². The van der Waals surface area contributed by atoms with Gasteiger partial charge in [0.05, 0.1) is 24.1 Å². The van der Waals surface area contributed by atoms with E-state index in [-0.39, 0.29) is 0 Å². The van der Waals surface area contributed by atoms with E-state index in [1.807, 2.05) is 36.4 Å². The van der Waals surface area contributed by atoms with E-state index in [0.717, 1.165) is 22.1 Å². The fourth-order valence-corrected chi connectivity index (χ4v) is 2.56. The Morgan fingerprint density at radius 2 is 2.05 bits per heavy atom. The molecule has 0 fully saturated rings. The largest absolute Gasteiger partial charge is 0.493 e. The summed E-state index contributed by atoms with van der Waals surface area (Å²) in [6, 6.07) is 13.3. The van der Waals surface area contributed by atoms with Gasteiger partial charge in [0.2, 0.25) is 0 Å². The maximum Gasteiger partial charge on any atom is 0.119 e. The molecular weight excluding hydrogens is 292 g/mol. The minimum atomic E-state index is 0.425. The molecule has 1 aromatic heterocycles. The summed E-state index contributed by atoms with van der Waals surface area (Å²) in [5.41, 5.74) is 0.995. The number of rotatable bonds is 6. The molecule has 3 nitrogen and oxygen atoms in total. The Labute approximate surface area is 127 Å². The van der Waals surface area contributed by atoms with Gasteiger partial charge < -0.3 is 4.74 Å². The van der Waals surface area contributed by atoms with E-state index in [9.17, 15) is 0 Å². The fourth-order valence-electron chi connectivity index (χ4n) is 1.57. The maximum atomic E-state index is 8.59. The van der Waals surface area contributed by atoms with Crippen molar-refractivity contribution in [3.8, 4) is 11.8 Å². The predicted octanol–water partition coefficient (Wildman–Crippen LogP) is 3.97. The molecule has 0 saturated carbocycles. The SMILES string of the molecule is N#CCc1ccc(OCCSc2ncccc2Cl)cc1. The zero-order valence-electron chi connectivity index (χ0n) is 10.8. The topological polar surface area (TPSA) is 45.9 Å². The molecule has 2 aromatic rings. The molecule has 0 aliphatic heterocycles. The third-order valence-corrected chi connectivity index (χ3v) is 3.91. The molecular formula is C15H13ClN2OS. The highest BCUT2D eigenvalue weighted by atomic mass is 35.5. The summed E-state index contributed by atoms with van der Waals surface area (Å²) in [6.07, 6.45) is 2.15. The highest BCUT2D eigenvalue weighted by molar-refractivity contribution is 7.99. The van der Waals surface area contributed by atoms with Gasteiger partial charge in [0, 0.05) is 11.9 Å². The molecule has 0 N–H and O–H groups in total. The summed E-state index contributed by atoms with van der Waals surface area (Å²) in [4.78, 5) is 4.20. The predicted molar refractivity (Wildman–Crippen MR) is 81.2 cm³/mol. The fraction of sp³-hybridized carbons (Fsp3) is 0.200. The van der Waals surface area contributed by atoms with Crippen molar-refractivity contribution in [2.75, 3.05) is 12.4 Å². The van der Waals surface area contributed by atoms with Gasteiger partial charge in [-0.05, 0) is 29.8 Å². The van der Waals surface area contributed by atoms with Crippen molar-refractivity contribution >= 4 is 23.4 Å². The van der Waals surface area contributed by atoms with Crippen LogP contribution in [0.2, 0.25) is 5.02 Å². The zero-order valence-corrected chi connectivity index (χ0v) is 12.3. The quantitative estimate of drug-likeness (QED) is 0.598. The first-order valence-electron chi connectivity index (χ1n) is 6.11. The number of thioether (sulfide) groups is 1. The van der Waals surface area contributed by atoms with Crippen LogP contribution in [0.15, 0.2) is 47.6 Å². The molecule has 1 heterocycles. The van der Waals surface area contributed by atoms with Crippen molar-refractivity contribution in [1.82, 2.24) is 4.98 Å². The van der Waals surface area contributed by atoms with Crippen LogP contribution in [0.3, 0.4) is 0 Å². The monoisotopic (exact) mass is 304 g/mol. The standard InChI is InChI=1S/C15H13ClN2OS/c16-14-2-1-9-18-15(14)20-11-10-19-13-5-3-12(4-6-13)7-8-17/h1-6,9H,7,10-11H2. The summed E-state index contributed by atoms with van der Waals surface area (Å²) in [7, 11) is 0. The summed E-state index contributed by atoms with van der Waals surface area (Å²) in [5.74, 6) is 1.58. The first-order valence-corrected chi connectivity index (χ1v) is 7.48. The molecule has 20 heavy (non-hydrogen) atoms. The second kappa shape index (κ2) is 7.78. The lowest BCUT2D eigenvalue weighted by atomic mass is 10.2. The summed E-state index contributed by atoms with van der Waals surface area (Å²) >= 11 is 7.58. The van der Waals surface area contributed by atoms with Gasteiger partial charge >= 0.3 is 0 Å². The van der Waals surface area contributed by atoms with E-state index >= 15 is 0 Å². The van der Waals surface area contributed by atoms with Crippen LogP contribution in [0.5, 0.6) is 5.75 Å². The van der Waals surface area contributed by atoms with Gasteiger partial charge in [0.25, 0.3) is 0 Å². The Bertz CT molecular complexity index is 596. The maximum absolute atomic E-state index is 8.59. The molecule has 1 aromatic carbocycles. The second-order valence-corrected chi connectivity index (χ2v) is 5.46. The Morgan fingerprint density at radius 1 is 1.25 bits per heavy atom. The third-order valence-electron chi connectivity index (χ3n) is 2.52. The minimum Gasteiger partial charge on any atom is -0.493 e. The van der Waals surface area contributed by atoms with Crippen LogP contribution < -0.4 is 4.74 Å². The lowest BCUT2D eigenvalue weighted by molar-refractivity contribution is 0.344. The van der Waals surface area contributed by atoms with E-state index in [0.29, 0.717) is 18.1 Å². The number of ether oxygens (including phenoxy) is 1. The number of nitrogens with zero attached hydrogens (tertiary/aromatic N) is 2. The van der Waals surface area contributed by atoms with E-state index in [1.165, 1.54) is 0 Å². The lowest BCUT2D eigenvalue weighted by Gasteiger charge is -2.06. The Kier molecular flexibility index (Phi) is 5.72. The van der Waals surface area contributed by atoms with E-state index in [4.69, 9.17) is 21.6 Å². The Morgan fingerprint density at radius 3 is 2.75 bits per heavy atom. The minimum absolute atomic E-state index is 0.425. The van der Waals surface area contributed by atoms with Crippen molar-refractivity contribution in [2.24, 2.45) is 0 Å². The molecule has 0 aliphatic carbocycles. The van der Waals surface area contributed by atoms with Gasteiger partial charge in [-0.1, -0.05) is 23.7 Å². The van der Waals surface area contributed by atoms with Gasteiger partial charge in [0.15, 0.2) is 0 Å². The molecule has 0 bridgehead atoms. The van der Waals surface area contributed by atoms with Crippen LogP contribution in [0.4, 0.5) is 0 Å². The van der Waals surface area contributed by atoms with Gasteiger partial charge in [-0.3, -0.25) is 0 Å². The molecule has 0 spiro atoms. The highest BCUT2D eigenvalue weighted by Gasteiger charge is 2.01. The van der Waals surface area contributed by atoms with Crippen LogP contribution in [0.1, 0.15) is 5.56 Å². The third kappa shape index (κ3) is 4.44. The molecule has 0 aliphatic rings. The van der Waals surface area contributed by atoms with Gasteiger partial charge in [0.1, 0.15) is 10.8 Å². The molecule has 0 saturated heterocycles. The first kappa shape index (κ1) is 14.7. The smallest absolute Gasteiger partial charge is 0.119 e. The van der Waals surface area contributed by atoms with E-state index < -0.39 is 0 Å². The van der Waals surface area contributed by atoms with Gasteiger partial charge in [-0.25, -0.2) is 4.98 Å². The number of aromatic nitrogens is 1. The molecule has 0 radical (unpaired) electrons. The van der Waals surface area contributed by atoms with Crippen LogP contribution >= 0.6 is 23.4 Å². The average Bonchev–Trinajstić information content (AvgIpc) is 2.47. The van der Waals surface area contributed by atoms with Crippen LogP contribution in [-0.2, 0) is 6.42 Å². The second-order valence-electron chi connectivity index (χ2n) is 3.97. The normalized spacial score (nSPS) is 10.0. The van der Waals surface area contributed by atoms with Gasteiger partial charge in [-0.2, -0.15) is 5.26 Å². The number of nitriles is 1. The average molecular weight is 305 g/mol. The zero-order chi connectivity index (χ0) is 14.2. The number of benzene rings is 1. The summed E-state index contributed by atoms with van der Waals surface area (Å²) < 4.78 is 5.63. The van der Waals surface area contributed by atoms with E-state index in [1.54, 1.807) is 18.0 Å². The molecule has 0 unspecified atom stereocenters. The van der Waals surface area contributed by atoms with Crippen LogP contribution in [0, 0.1) is 11.3 Å². The van der Waals surface area contributed by atoms with Gasteiger partial charge in [-0.15, -0.1) is 11.8 Å².